The SMILES string of the molecule is Brc1ccc2ccc3c4c(ccc1c24)cc1c2ccccc2n(-c2ccccc2)c13. The van der Waals surface area contributed by atoms with Crippen molar-refractivity contribution in [2.45, 2.75) is 0 Å². The van der Waals surface area contributed by atoms with Crippen LogP contribution in [0, 0.1) is 0 Å². The summed E-state index contributed by atoms with van der Waals surface area (Å²) >= 11 is 3.77. The Morgan fingerprint density at radius 2 is 1.23 bits per heavy atom. The first-order chi connectivity index (χ1) is 14.8. The van der Waals surface area contributed by atoms with Gasteiger partial charge in [-0.05, 0) is 57.3 Å². The molecule has 2 heteroatoms. The maximum atomic E-state index is 3.77. The molecule has 0 atom stereocenters. The van der Waals surface area contributed by atoms with Crippen molar-refractivity contribution in [1.82, 2.24) is 4.57 Å². The molecule has 7 rings (SSSR count). The lowest BCUT2D eigenvalue weighted by Gasteiger charge is -2.15. The van der Waals surface area contributed by atoms with E-state index >= 15 is 0 Å². The average Bonchev–Trinajstić information content (AvgIpc) is 3.13. The van der Waals surface area contributed by atoms with Crippen molar-refractivity contribution >= 4 is 70.1 Å². The van der Waals surface area contributed by atoms with Gasteiger partial charge in [-0.2, -0.15) is 0 Å². The van der Waals surface area contributed by atoms with Gasteiger partial charge in [0, 0.05) is 26.3 Å². The minimum Gasteiger partial charge on any atom is -0.309 e. The molecule has 0 fully saturated rings. The molecule has 0 aliphatic carbocycles. The van der Waals surface area contributed by atoms with Crippen molar-refractivity contribution < 1.29 is 0 Å². The van der Waals surface area contributed by atoms with Crippen molar-refractivity contribution in [1.29, 1.82) is 0 Å². The van der Waals surface area contributed by atoms with Crippen molar-refractivity contribution in [3.63, 3.8) is 0 Å². The second-order valence-corrected chi connectivity index (χ2v) is 8.79. The maximum absolute atomic E-state index is 3.77. The third-order valence-corrected chi connectivity index (χ3v) is 7.07. The van der Waals surface area contributed by atoms with E-state index in [4.69, 9.17) is 0 Å². The van der Waals surface area contributed by atoms with E-state index in [1.807, 2.05) is 0 Å². The number of benzene rings is 6. The fourth-order valence-electron chi connectivity index (χ4n) is 5.13. The van der Waals surface area contributed by atoms with E-state index in [0.717, 1.165) is 4.47 Å². The Hall–Kier alpha value is -3.36. The lowest BCUT2D eigenvalue weighted by molar-refractivity contribution is 1.19. The summed E-state index contributed by atoms with van der Waals surface area (Å²) in [5.41, 5.74) is 3.72. The van der Waals surface area contributed by atoms with Crippen LogP contribution in [0.5, 0.6) is 0 Å². The highest BCUT2D eigenvalue weighted by Gasteiger charge is 2.18. The highest BCUT2D eigenvalue weighted by atomic mass is 79.9. The van der Waals surface area contributed by atoms with Crippen LogP contribution in [0.1, 0.15) is 0 Å². The summed E-state index contributed by atoms with van der Waals surface area (Å²) < 4.78 is 3.57. The van der Waals surface area contributed by atoms with Gasteiger partial charge in [0.15, 0.2) is 0 Å². The van der Waals surface area contributed by atoms with Gasteiger partial charge in [-0.1, -0.05) is 82.7 Å². The third kappa shape index (κ3) is 2.02. The number of hydrogen-bond acceptors (Lipinski definition) is 0. The van der Waals surface area contributed by atoms with Gasteiger partial charge >= 0.3 is 0 Å². The molecule has 0 N–H and O–H groups in total. The van der Waals surface area contributed by atoms with Crippen LogP contribution in [0.4, 0.5) is 0 Å². The second kappa shape index (κ2) is 5.84. The molecule has 1 heterocycles. The number of hydrogen-bond donors (Lipinski definition) is 0. The summed E-state index contributed by atoms with van der Waals surface area (Å²) in [4.78, 5) is 0. The summed E-state index contributed by atoms with van der Waals surface area (Å²) in [5.74, 6) is 0. The Kier molecular flexibility index (Phi) is 3.20. The number of rotatable bonds is 1. The van der Waals surface area contributed by atoms with Crippen LogP contribution in [-0.2, 0) is 0 Å². The van der Waals surface area contributed by atoms with E-state index in [1.54, 1.807) is 0 Å². The summed E-state index contributed by atoms with van der Waals surface area (Å²) in [6, 6.07) is 35.3. The Morgan fingerprint density at radius 1 is 0.533 bits per heavy atom. The largest absolute Gasteiger partial charge is 0.309 e. The van der Waals surface area contributed by atoms with Crippen LogP contribution < -0.4 is 0 Å². The van der Waals surface area contributed by atoms with Gasteiger partial charge in [-0.15, -0.1) is 0 Å². The lowest BCUT2D eigenvalue weighted by Crippen LogP contribution is -1.94. The summed E-state index contributed by atoms with van der Waals surface area (Å²) in [6.45, 7) is 0. The molecule has 0 radical (unpaired) electrons. The third-order valence-electron chi connectivity index (χ3n) is 6.37. The molecule has 6 aromatic carbocycles. The standard InChI is InChI=1S/C28H16BrN/c29-24-15-12-17-10-14-22-27-18(11-13-21(24)26(17)27)16-23-20-8-4-5-9-25(20)30(28(22)23)19-6-2-1-3-7-19/h1-16H. The highest BCUT2D eigenvalue weighted by Crippen LogP contribution is 2.43. The van der Waals surface area contributed by atoms with Crippen LogP contribution in [-0.4, -0.2) is 4.57 Å². The molecule has 0 aliphatic rings. The van der Waals surface area contributed by atoms with Gasteiger partial charge < -0.3 is 4.57 Å². The predicted molar refractivity (Wildman–Crippen MR) is 132 cm³/mol. The number of halogens is 1. The predicted octanol–water partition coefficient (Wildman–Crippen LogP) is 8.44. The minimum absolute atomic E-state index is 1.15. The Morgan fingerprint density at radius 3 is 2.13 bits per heavy atom. The van der Waals surface area contributed by atoms with Gasteiger partial charge in [-0.25, -0.2) is 0 Å². The van der Waals surface area contributed by atoms with Crippen LogP contribution in [0.25, 0.3) is 59.8 Å². The summed E-state index contributed by atoms with van der Waals surface area (Å²) in [5, 5.41) is 10.4. The molecule has 0 amide bonds. The smallest absolute Gasteiger partial charge is 0.0620 e. The molecule has 0 bridgehead atoms. The molecule has 30 heavy (non-hydrogen) atoms. The molecule has 0 aliphatic heterocycles. The first kappa shape index (κ1) is 16.4. The molecule has 0 saturated carbocycles. The van der Waals surface area contributed by atoms with Crippen LogP contribution in [0.3, 0.4) is 0 Å². The van der Waals surface area contributed by atoms with Crippen molar-refractivity contribution in [2.75, 3.05) is 0 Å². The quantitative estimate of drug-likeness (QED) is 0.223. The number of nitrogens with zero attached hydrogens (tertiary/aromatic N) is 1. The Labute approximate surface area is 181 Å². The number of fused-ring (bicyclic) bond motifs is 4. The Bertz CT molecular complexity index is 1740. The van der Waals surface area contributed by atoms with E-state index in [0.29, 0.717) is 0 Å². The van der Waals surface area contributed by atoms with E-state index in [2.05, 4.69) is 118 Å². The topological polar surface area (TPSA) is 4.93 Å². The molecular formula is C28H16BrN. The minimum atomic E-state index is 1.15. The first-order valence-electron chi connectivity index (χ1n) is 10.2. The van der Waals surface area contributed by atoms with E-state index < -0.39 is 0 Å². The highest BCUT2D eigenvalue weighted by molar-refractivity contribution is 9.10. The van der Waals surface area contributed by atoms with Gasteiger partial charge in [0.1, 0.15) is 0 Å². The summed E-state index contributed by atoms with van der Waals surface area (Å²) in [7, 11) is 0. The first-order valence-corrected chi connectivity index (χ1v) is 11.0. The van der Waals surface area contributed by atoms with Gasteiger partial charge in [0.25, 0.3) is 0 Å². The zero-order chi connectivity index (χ0) is 19.8. The van der Waals surface area contributed by atoms with Crippen LogP contribution in [0.15, 0.2) is 102 Å². The van der Waals surface area contributed by atoms with Gasteiger partial charge in [0.2, 0.25) is 0 Å². The van der Waals surface area contributed by atoms with Crippen molar-refractivity contribution in [2.24, 2.45) is 0 Å². The van der Waals surface area contributed by atoms with Crippen LogP contribution >= 0.6 is 15.9 Å². The molecule has 140 valence electrons. The van der Waals surface area contributed by atoms with E-state index in [1.165, 1.54) is 59.8 Å². The molecule has 0 spiro atoms. The Balaban J connectivity index is 1.82. The van der Waals surface area contributed by atoms with E-state index in [-0.39, 0.29) is 0 Å². The van der Waals surface area contributed by atoms with Gasteiger partial charge in [0.05, 0.1) is 11.0 Å². The molecule has 1 nitrogen and oxygen atoms in total. The molecule has 7 aromatic rings. The summed E-state index contributed by atoms with van der Waals surface area (Å²) in [6.07, 6.45) is 0. The maximum Gasteiger partial charge on any atom is 0.0620 e. The normalized spacial score (nSPS) is 12.2. The van der Waals surface area contributed by atoms with E-state index in [9.17, 15) is 0 Å². The zero-order valence-corrected chi connectivity index (χ0v) is 17.6. The average molecular weight is 446 g/mol. The molecule has 0 saturated heterocycles. The molecule has 1 aromatic heterocycles. The molecule has 0 unspecified atom stereocenters. The molecular weight excluding hydrogens is 430 g/mol. The van der Waals surface area contributed by atoms with Crippen molar-refractivity contribution in [3.8, 4) is 5.69 Å². The van der Waals surface area contributed by atoms with Crippen LogP contribution in [0.2, 0.25) is 0 Å². The number of aromatic nitrogens is 1. The monoisotopic (exact) mass is 445 g/mol. The zero-order valence-electron chi connectivity index (χ0n) is 16.1. The van der Waals surface area contributed by atoms with Crippen molar-refractivity contribution in [3.05, 3.63) is 102 Å². The fourth-order valence-corrected chi connectivity index (χ4v) is 5.60. The number of para-hydroxylation sites is 2. The second-order valence-electron chi connectivity index (χ2n) is 7.93. The van der Waals surface area contributed by atoms with Gasteiger partial charge in [-0.3, -0.25) is 0 Å². The lowest BCUT2D eigenvalue weighted by atomic mass is 9.92. The fraction of sp³-hybridized carbons (Fsp3) is 0.